The van der Waals surface area contributed by atoms with Gasteiger partial charge in [0.1, 0.15) is 0 Å². The molecule has 20 heavy (non-hydrogen) atoms. The van der Waals surface area contributed by atoms with Crippen molar-refractivity contribution >= 4 is 17.7 Å². The Kier molecular flexibility index (Phi) is 4.15. The lowest BCUT2D eigenvalue weighted by Crippen LogP contribution is -2.44. The van der Waals surface area contributed by atoms with E-state index in [0.717, 1.165) is 31.1 Å². The van der Waals surface area contributed by atoms with E-state index in [9.17, 15) is 0 Å². The number of aliphatic imine (C=N–C) groups is 1. The molecule has 0 unspecified atom stereocenters. The number of nitrogens with zero attached hydrogens (tertiary/aromatic N) is 3. The molecule has 2 heterocycles. The standard InChI is InChI=1S/C15H22N4S/c16-14(19-8-10-20-11-9-19)18-12-15(5-3-6-15)13-4-1-2-7-17-13/h1-2,4,7H,3,5-6,8-12H2,(H2,16,18). The van der Waals surface area contributed by atoms with Crippen LogP contribution in [0.15, 0.2) is 29.4 Å². The second-order valence-corrected chi connectivity index (χ2v) is 6.85. The molecular weight excluding hydrogens is 268 g/mol. The van der Waals surface area contributed by atoms with Crippen LogP contribution in [-0.4, -0.2) is 47.0 Å². The Morgan fingerprint density at radius 1 is 1.35 bits per heavy atom. The molecule has 1 saturated heterocycles. The summed E-state index contributed by atoms with van der Waals surface area (Å²) in [6, 6.07) is 6.17. The van der Waals surface area contributed by atoms with Crippen LogP contribution in [0.1, 0.15) is 25.0 Å². The molecule has 108 valence electrons. The van der Waals surface area contributed by atoms with E-state index in [0.29, 0.717) is 5.96 Å². The minimum absolute atomic E-state index is 0.135. The van der Waals surface area contributed by atoms with Gasteiger partial charge in [-0.1, -0.05) is 12.5 Å². The molecule has 1 aromatic heterocycles. The summed E-state index contributed by atoms with van der Waals surface area (Å²) in [5.41, 5.74) is 7.47. The van der Waals surface area contributed by atoms with Gasteiger partial charge in [-0.25, -0.2) is 0 Å². The number of hydrogen-bond donors (Lipinski definition) is 1. The largest absolute Gasteiger partial charge is 0.370 e. The first-order valence-corrected chi connectivity index (χ1v) is 8.50. The molecule has 0 bridgehead atoms. The molecule has 3 rings (SSSR count). The monoisotopic (exact) mass is 290 g/mol. The highest BCUT2D eigenvalue weighted by molar-refractivity contribution is 7.99. The summed E-state index contributed by atoms with van der Waals surface area (Å²) in [6.07, 6.45) is 5.50. The predicted octanol–water partition coefficient (Wildman–Crippen LogP) is 1.87. The third-order valence-corrected chi connectivity index (χ3v) is 5.34. The van der Waals surface area contributed by atoms with Crippen molar-refractivity contribution in [2.75, 3.05) is 31.1 Å². The van der Waals surface area contributed by atoms with E-state index >= 15 is 0 Å². The summed E-state index contributed by atoms with van der Waals surface area (Å²) in [6.45, 7) is 2.83. The molecule has 5 heteroatoms. The van der Waals surface area contributed by atoms with Crippen LogP contribution in [0, 0.1) is 0 Å². The highest BCUT2D eigenvalue weighted by Crippen LogP contribution is 2.43. The first kappa shape index (κ1) is 13.7. The first-order valence-electron chi connectivity index (χ1n) is 7.34. The summed E-state index contributed by atoms with van der Waals surface area (Å²) in [5.74, 6) is 3.02. The number of rotatable bonds is 3. The fraction of sp³-hybridized carbons (Fsp3) is 0.600. The maximum absolute atomic E-state index is 6.16. The van der Waals surface area contributed by atoms with Gasteiger partial charge in [0.25, 0.3) is 0 Å². The van der Waals surface area contributed by atoms with Gasteiger partial charge < -0.3 is 10.6 Å². The zero-order valence-electron chi connectivity index (χ0n) is 11.8. The molecule has 0 aromatic carbocycles. The van der Waals surface area contributed by atoms with E-state index < -0.39 is 0 Å². The molecule has 1 aliphatic heterocycles. The van der Waals surface area contributed by atoms with Crippen molar-refractivity contribution < 1.29 is 0 Å². The SMILES string of the molecule is NC(=NCC1(c2ccccn2)CCC1)N1CCSCC1. The third kappa shape index (κ3) is 2.77. The van der Waals surface area contributed by atoms with E-state index in [2.05, 4.69) is 27.0 Å². The zero-order chi connectivity index (χ0) is 13.8. The molecule has 1 saturated carbocycles. The molecule has 1 aromatic rings. The van der Waals surface area contributed by atoms with Gasteiger partial charge in [-0.15, -0.1) is 0 Å². The minimum Gasteiger partial charge on any atom is -0.370 e. The quantitative estimate of drug-likeness (QED) is 0.682. The fourth-order valence-corrected chi connectivity index (χ4v) is 3.80. The smallest absolute Gasteiger partial charge is 0.191 e. The van der Waals surface area contributed by atoms with Crippen molar-refractivity contribution in [2.45, 2.75) is 24.7 Å². The van der Waals surface area contributed by atoms with Gasteiger partial charge in [0, 0.05) is 41.9 Å². The van der Waals surface area contributed by atoms with Crippen LogP contribution in [-0.2, 0) is 5.41 Å². The van der Waals surface area contributed by atoms with Crippen molar-refractivity contribution in [1.82, 2.24) is 9.88 Å². The molecule has 0 spiro atoms. The van der Waals surface area contributed by atoms with E-state index in [4.69, 9.17) is 5.73 Å². The van der Waals surface area contributed by atoms with Crippen molar-refractivity contribution in [3.63, 3.8) is 0 Å². The Morgan fingerprint density at radius 3 is 2.75 bits per heavy atom. The number of hydrogen-bond acceptors (Lipinski definition) is 3. The van der Waals surface area contributed by atoms with E-state index in [1.807, 2.05) is 24.0 Å². The van der Waals surface area contributed by atoms with Crippen LogP contribution in [0.2, 0.25) is 0 Å². The zero-order valence-corrected chi connectivity index (χ0v) is 12.6. The first-order chi connectivity index (χ1) is 9.80. The van der Waals surface area contributed by atoms with Gasteiger partial charge >= 0.3 is 0 Å². The second-order valence-electron chi connectivity index (χ2n) is 5.62. The molecule has 2 aliphatic rings. The lowest BCUT2D eigenvalue weighted by Gasteiger charge is -2.40. The highest BCUT2D eigenvalue weighted by atomic mass is 32.2. The maximum atomic E-state index is 6.16. The Bertz CT molecular complexity index is 464. The van der Waals surface area contributed by atoms with Crippen LogP contribution in [0.4, 0.5) is 0 Å². The number of nitrogens with two attached hydrogens (primary N) is 1. The fourth-order valence-electron chi connectivity index (χ4n) is 2.90. The van der Waals surface area contributed by atoms with Gasteiger partial charge in [0.15, 0.2) is 5.96 Å². The van der Waals surface area contributed by atoms with Gasteiger partial charge in [0.05, 0.1) is 6.54 Å². The van der Waals surface area contributed by atoms with Gasteiger partial charge in [-0.05, 0) is 25.0 Å². The topological polar surface area (TPSA) is 54.5 Å². The number of thioether (sulfide) groups is 1. The predicted molar refractivity (Wildman–Crippen MR) is 85.2 cm³/mol. The summed E-state index contributed by atoms with van der Waals surface area (Å²) >= 11 is 1.99. The van der Waals surface area contributed by atoms with Gasteiger partial charge in [-0.3, -0.25) is 9.98 Å². The molecule has 0 radical (unpaired) electrons. The number of aromatic nitrogens is 1. The normalized spacial score (nSPS) is 22.4. The van der Waals surface area contributed by atoms with Crippen molar-refractivity contribution in [1.29, 1.82) is 0 Å². The lowest BCUT2D eigenvalue weighted by molar-refractivity contribution is 0.245. The van der Waals surface area contributed by atoms with E-state index in [-0.39, 0.29) is 5.41 Å². The molecule has 0 amide bonds. The molecule has 2 N–H and O–H groups in total. The molecule has 4 nitrogen and oxygen atoms in total. The van der Waals surface area contributed by atoms with Crippen LogP contribution in [0.5, 0.6) is 0 Å². The lowest BCUT2D eigenvalue weighted by atomic mass is 9.66. The van der Waals surface area contributed by atoms with Crippen molar-refractivity contribution in [2.24, 2.45) is 10.7 Å². The average molecular weight is 290 g/mol. The average Bonchev–Trinajstić information content (AvgIpc) is 2.48. The maximum Gasteiger partial charge on any atom is 0.191 e. The van der Waals surface area contributed by atoms with Crippen LogP contribution in [0.3, 0.4) is 0 Å². The molecule has 1 aliphatic carbocycles. The Hall–Kier alpha value is -1.23. The summed E-state index contributed by atoms with van der Waals surface area (Å²) < 4.78 is 0. The summed E-state index contributed by atoms with van der Waals surface area (Å²) in [4.78, 5) is 11.4. The van der Waals surface area contributed by atoms with Gasteiger partial charge in [0.2, 0.25) is 0 Å². The Balaban J connectivity index is 1.69. The molecule has 2 fully saturated rings. The third-order valence-electron chi connectivity index (χ3n) is 4.40. The number of pyridine rings is 1. The molecule has 0 atom stereocenters. The number of guanidine groups is 1. The minimum atomic E-state index is 0.135. The van der Waals surface area contributed by atoms with Crippen molar-refractivity contribution in [3.05, 3.63) is 30.1 Å². The Morgan fingerprint density at radius 2 is 2.15 bits per heavy atom. The summed E-state index contributed by atoms with van der Waals surface area (Å²) in [7, 11) is 0. The van der Waals surface area contributed by atoms with Crippen LogP contribution < -0.4 is 5.73 Å². The molecular formula is C15H22N4S. The van der Waals surface area contributed by atoms with Gasteiger partial charge in [-0.2, -0.15) is 11.8 Å². The van der Waals surface area contributed by atoms with E-state index in [1.54, 1.807) is 0 Å². The Labute approximate surface area is 124 Å². The van der Waals surface area contributed by atoms with E-state index in [1.165, 1.54) is 25.0 Å². The van der Waals surface area contributed by atoms with Crippen LogP contribution in [0.25, 0.3) is 0 Å². The second kappa shape index (κ2) is 6.04. The van der Waals surface area contributed by atoms with Crippen LogP contribution >= 0.6 is 11.8 Å². The highest BCUT2D eigenvalue weighted by Gasteiger charge is 2.39. The van der Waals surface area contributed by atoms with Crippen molar-refractivity contribution in [3.8, 4) is 0 Å². The summed E-state index contributed by atoms with van der Waals surface area (Å²) in [5, 5.41) is 0.